The van der Waals surface area contributed by atoms with Gasteiger partial charge >= 0.3 is 0 Å². The van der Waals surface area contributed by atoms with Gasteiger partial charge < -0.3 is 14.2 Å². The van der Waals surface area contributed by atoms with E-state index in [0.717, 1.165) is 28.6 Å². The van der Waals surface area contributed by atoms with E-state index < -0.39 is 0 Å². The Morgan fingerprint density at radius 3 is 2.43 bits per heavy atom. The fourth-order valence-corrected chi connectivity index (χ4v) is 4.17. The van der Waals surface area contributed by atoms with E-state index >= 15 is 0 Å². The van der Waals surface area contributed by atoms with Crippen LogP contribution in [0.5, 0.6) is 0 Å². The third-order valence-corrected chi connectivity index (χ3v) is 5.87. The molecule has 0 aliphatic heterocycles. The number of hydrogen-bond acceptors (Lipinski definition) is 4. The topological polar surface area (TPSA) is 68.3 Å². The van der Waals surface area contributed by atoms with E-state index in [1.165, 1.54) is 11.6 Å². The Morgan fingerprint density at radius 2 is 1.69 bits per heavy atom. The summed E-state index contributed by atoms with van der Waals surface area (Å²) in [6, 6.07) is 22.1. The van der Waals surface area contributed by atoms with Gasteiger partial charge in [-0.05, 0) is 84.8 Å². The van der Waals surface area contributed by atoms with E-state index in [1.807, 2.05) is 30.3 Å². The number of halogens is 2. The molecule has 0 unspecified atom stereocenters. The minimum atomic E-state index is -0.282. The van der Waals surface area contributed by atoms with Gasteiger partial charge in [0.2, 0.25) is 11.8 Å². The fourth-order valence-electron chi connectivity index (χ4n) is 3.65. The van der Waals surface area contributed by atoms with Crippen molar-refractivity contribution in [1.29, 1.82) is 0 Å². The number of carbonyl (C=O) groups excluding carboxylic acids is 1. The molecule has 0 atom stereocenters. The first kappa shape index (κ1) is 23.0. The summed E-state index contributed by atoms with van der Waals surface area (Å²) < 4.78 is 11.7. The summed E-state index contributed by atoms with van der Waals surface area (Å²) in [6.07, 6.45) is 3.95. The first-order valence-corrected chi connectivity index (χ1v) is 11.8. The van der Waals surface area contributed by atoms with Crippen LogP contribution in [0, 0.1) is 0 Å². The van der Waals surface area contributed by atoms with Crippen LogP contribution in [0.25, 0.3) is 40.0 Å². The average Bonchev–Trinajstić information content (AvgIpc) is 3.49. The molecule has 2 heterocycles. The Hall–Kier alpha value is -3.80. The third-order valence-electron chi connectivity index (χ3n) is 5.43. The zero-order valence-corrected chi connectivity index (χ0v) is 20.2. The number of carbonyl (C=O) groups is 1. The van der Waals surface area contributed by atoms with Crippen LogP contribution in [-0.4, -0.2) is 10.9 Å². The van der Waals surface area contributed by atoms with Gasteiger partial charge in [-0.2, -0.15) is 0 Å². The van der Waals surface area contributed by atoms with E-state index in [4.69, 9.17) is 32.0 Å². The van der Waals surface area contributed by atoms with Gasteiger partial charge in [0.1, 0.15) is 17.0 Å². The molecular weight excluding hydrogens is 483 g/mol. The maximum absolute atomic E-state index is 12.4. The molecule has 0 saturated carbocycles. The van der Waals surface area contributed by atoms with E-state index in [-0.39, 0.29) is 5.91 Å². The smallest absolute Gasteiger partial charge is 0.248 e. The number of fused-ring (bicyclic) bond motifs is 1. The molecular formula is C28H20Cl2N2O3. The fraction of sp³-hybridized carbons (Fsp3) is 0.0714. The Balaban J connectivity index is 1.24. The number of furan rings is 1. The number of nitrogens with one attached hydrogen (secondary N) is 1. The van der Waals surface area contributed by atoms with Crippen LogP contribution in [0.2, 0.25) is 10.0 Å². The van der Waals surface area contributed by atoms with Crippen molar-refractivity contribution in [1.82, 2.24) is 4.98 Å². The average molecular weight is 503 g/mol. The highest BCUT2D eigenvalue weighted by atomic mass is 35.5. The highest BCUT2D eigenvalue weighted by Gasteiger charge is 2.10. The number of aromatic nitrogens is 1. The zero-order chi connectivity index (χ0) is 24.4. The van der Waals surface area contributed by atoms with Gasteiger partial charge in [-0.1, -0.05) is 36.2 Å². The third kappa shape index (κ3) is 5.32. The van der Waals surface area contributed by atoms with Crippen molar-refractivity contribution >= 4 is 52.0 Å². The molecule has 5 nitrogen and oxygen atoms in total. The van der Waals surface area contributed by atoms with Crippen molar-refractivity contribution < 1.29 is 13.6 Å². The van der Waals surface area contributed by atoms with Crippen molar-refractivity contribution in [3.63, 3.8) is 0 Å². The van der Waals surface area contributed by atoms with Crippen LogP contribution in [0.1, 0.15) is 18.2 Å². The Labute approximate surface area is 212 Å². The summed E-state index contributed by atoms with van der Waals surface area (Å²) in [4.78, 5) is 17.0. The highest BCUT2D eigenvalue weighted by Crippen LogP contribution is 2.29. The van der Waals surface area contributed by atoms with Crippen molar-refractivity contribution in [3.8, 4) is 22.8 Å². The molecule has 174 valence electrons. The van der Waals surface area contributed by atoms with Crippen LogP contribution in [0.3, 0.4) is 0 Å². The second-order valence-electron chi connectivity index (χ2n) is 7.93. The normalized spacial score (nSPS) is 11.4. The molecule has 0 radical (unpaired) electrons. The molecule has 0 aliphatic carbocycles. The minimum absolute atomic E-state index is 0.282. The predicted octanol–water partition coefficient (Wildman–Crippen LogP) is 8.28. The second kappa shape index (κ2) is 9.82. The van der Waals surface area contributed by atoms with Crippen molar-refractivity contribution in [3.05, 3.63) is 100 Å². The number of rotatable bonds is 6. The van der Waals surface area contributed by atoms with E-state index in [9.17, 15) is 4.79 Å². The van der Waals surface area contributed by atoms with Gasteiger partial charge in [-0.15, -0.1) is 0 Å². The number of amides is 1. The zero-order valence-electron chi connectivity index (χ0n) is 18.7. The van der Waals surface area contributed by atoms with Gasteiger partial charge in [-0.3, -0.25) is 4.79 Å². The molecule has 7 heteroatoms. The molecule has 1 amide bonds. The SMILES string of the molecule is CCc1ccc2oc(-c3ccc(NC(=O)/C=C/c4ccc(-c5cc(Cl)cc(Cl)c5)o4)cc3)nc2c1. The van der Waals surface area contributed by atoms with Gasteiger partial charge in [0.15, 0.2) is 5.58 Å². The number of aryl methyl sites for hydroxylation is 1. The lowest BCUT2D eigenvalue weighted by molar-refractivity contribution is -0.111. The van der Waals surface area contributed by atoms with Crippen LogP contribution >= 0.6 is 23.2 Å². The van der Waals surface area contributed by atoms with E-state index in [2.05, 4.69) is 17.2 Å². The van der Waals surface area contributed by atoms with Crippen LogP contribution in [-0.2, 0) is 11.2 Å². The summed E-state index contributed by atoms with van der Waals surface area (Å²) in [7, 11) is 0. The lowest BCUT2D eigenvalue weighted by atomic mass is 10.1. The van der Waals surface area contributed by atoms with Gasteiger partial charge in [0.05, 0.1) is 0 Å². The monoisotopic (exact) mass is 502 g/mol. The lowest BCUT2D eigenvalue weighted by Crippen LogP contribution is -2.07. The Bertz CT molecular complexity index is 1530. The summed E-state index contributed by atoms with van der Waals surface area (Å²) in [6.45, 7) is 2.10. The van der Waals surface area contributed by atoms with E-state index in [0.29, 0.717) is 33.1 Å². The van der Waals surface area contributed by atoms with Crippen molar-refractivity contribution in [2.24, 2.45) is 0 Å². The molecule has 2 aromatic heterocycles. The number of oxazole rings is 1. The predicted molar refractivity (Wildman–Crippen MR) is 141 cm³/mol. The molecule has 5 aromatic rings. The standard InChI is InChI=1S/C28H20Cl2N2O3/c1-2-17-3-10-26-24(13-17)32-28(35-26)18-4-6-22(7-5-18)31-27(33)12-9-23-8-11-25(34-23)19-14-20(29)16-21(30)15-19/h3-16H,2H2,1H3,(H,31,33)/b12-9+. The molecule has 0 saturated heterocycles. The number of anilines is 1. The van der Waals surface area contributed by atoms with Gasteiger partial charge in [0, 0.05) is 32.9 Å². The molecule has 0 bridgehead atoms. The number of nitrogens with zero attached hydrogens (tertiary/aromatic N) is 1. The maximum atomic E-state index is 12.4. The van der Waals surface area contributed by atoms with Gasteiger partial charge in [-0.25, -0.2) is 4.98 Å². The van der Waals surface area contributed by atoms with Crippen LogP contribution < -0.4 is 5.32 Å². The first-order chi connectivity index (χ1) is 17.0. The van der Waals surface area contributed by atoms with Crippen LogP contribution in [0.15, 0.2) is 87.7 Å². The lowest BCUT2D eigenvalue weighted by Gasteiger charge is -2.02. The molecule has 35 heavy (non-hydrogen) atoms. The van der Waals surface area contributed by atoms with Crippen LogP contribution in [0.4, 0.5) is 5.69 Å². The molecule has 1 N–H and O–H groups in total. The summed E-state index contributed by atoms with van der Waals surface area (Å²) in [5.41, 5.74) is 5.04. The van der Waals surface area contributed by atoms with Crippen molar-refractivity contribution in [2.75, 3.05) is 5.32 Å². The largest absolute Gasteiger partial charge is 0.457 e. The maximum Gasteiger partial charge on any atom is 0.248 e. The summed E-state index contributed by atoms with van der Waals surface area (Å²) >= 11 is 12.1. The highest BCUT2D eigenvalue weighted by molar-refractivity contribution is 6.35. The Kier molecular flexibility index (Phi) is 6.45. The first-order valence-electron chi connectivity index (χ1n) is 11.0. The summed E-state index contributed by atoms with van der Waals surface area (Å²) in [5.74, 6) is 1.40. The Morgan fingerprint density at radius 1 is 0.914 bits per heavy atom. The molecule has 3 aromatic carbocycles. The molecule has 5 rings (SSSR count). The number of hydrogen-bond donors (Lipinski definition) is 1. The molecule has 0 spiro atoms. The van der Waals surface area contributed by atoms with Gasteiger partial charge in [0.25, 0.3) is 0 Å². The molecule has 0 fully saturated rings. The molecule has 0 aliphatic rings. The van der Waals surface area contributed by atoms with Crippen molar-refractivity contribution in [2.45, 2.75) is 13.3 Å². The second-order valence-corrected chi connectivity index (χ2v) is 8.81. The number of benzene rings is 3. The summed E-state index contributed by atoms with van der Waals surface area (Å²) in [5, 5.41) is 3.88. The quantitative estimate of drug-likeness (QED) is 0.237. The minimum Gasteiger partial charge on any atom is -0.457 e. The van der Waals surface area contributed by atoms with E-state index in [1.54, 1.807) is 48.5 Å².